The first-order valence-corrected chi connectivity index (χ1v) is 4.62. The van der Waals surface area contributed by atoms with Crippen LogP contribution in [0.3, 0.4) is 0 Å². The number of benzene rings is 1. The minimum Gasteiger partial charge on any atom is -0.506 e. The lowest BCUT2D eigenvalue weighted by Gasteiger charge is -2.00. The number of nitro groups is 1. The van der Waals surface area contributed by atoms with E-state index in [1.165, 1.54) is 11.3 Å². The molecule has 1 heterocycles. The number of thiophene rings is 1. The molecule has 3 N–H and O–H groups in total. The largest absolute Gasteiger partial charge is 0.506 e. The van der Waals surface area contributed by atoms with Gasteiger partial charge < -0.3 is 10.8 Å². The number of nitrogen functional groups attached to an aromatic ring is 1. The molecule has 0 spiro atoms. The minimum atomic E-state index is -0.605. The van der Waals surface area contributed by atoms with Crippen molar-refractivity contribution in [2.45, 2.75) is 0 Å². The summed E-state index contributed by atoms with van der Waals surface area (Å²) >= 11 is 1.30. The highest BCUT2D eigenvalue weighted by atomic mass is 32.1. The molecule has 2 aromatic rings. The molecule has 2 rings (SSSR count). The van der Waals surface area contributed by atoms with E-state index in [2.05, 4.69) is 0 Å². The number of nitrogens with two attached hydrogens (primary N) is 1. The summed E-state index contributed by atoms with van der Waals surface area (Å²) in [5.41, 5.74) is 5.43. The Balaban J connectivity index is 2.88. The summed E-state index contributed by atoms with van der Waals surface area (Å²) in [7, 11) is 0. The number of hydrogen-bond acceptors (Lipinski definition) is 5. The van der Waals surface area contributed by atoms with Crippen molar-refractivity contribution in [2.24, 2.45) is 0 Å². The monoisotopic (exact) mass is 210 g/mol. The fourth-order valence-corrected chi connectivity index (χ4v) is 2.11. The summed E-state index contributed by atoms with van der Waals surface area (Å²) in [5, 5.41) is 22.3. The summed E-state index contributed by atoms with van der Waals surface area (Å²) in [6, 6.07) is 2.73. The number of phenolic OH excluding ortho intramolecular Hbond substituents is 1. The number of rotatable bonds is 1. The van der Waals surface area contributed by atoms with E-state index in [4.69, 9.17) is 5.73 Å². The van der Waals surface area contributed by atoms with Crippen molar-refractivity contribution in [2.75, 3.05) is 5.73 Å². The van der Waals surface area contributed by atoms with Crippen LogP contribution in [0.25, 0.3) is 10.1 Å². The Morgan fingerprint density at radius 2 is 2.29 bits per heavy atom. The highest BCUT2D eigenvalue weighted by molar-refractivity contribution is 7.17. The lowest BCUT2D eigenvalue weighted by atomic mass is 10.2. The van der Waals surface area contributed by atoms with Gasteiger partial charge in [-0.15, -0.1) is 11.3 Å². The molecule has 0 aliphatic rings. The Bertz CT molecular complexity index is 521. The van der Waals surface area contributed by atoms with E-state index in [0.29, 0.717) is 10.1 Å². The Morgan fingerprint density at radius 1 is 1.57 bits per heavy atom. The van der Waals surface area contributed by atoms with E-state index in [9.17, 15) is 15.2 Å². The highest BCUT2D eigenvalue weighted by Gasteiger charge is 2.18. The van der Waals surface area contributed by atoms with E-state index in [-0.39, 0.29) is 17.1 Å². The van der Waals surface area contributed by atoms with Crippen LogP contribution in [-0.2, 0) is 0 Å². The van der Waals surface area contributed by atoms with Crippen LogP contribution >= 0.6 is 11.3 Å². The Morgan fingerprint density at radius 3 is 2.93 bits per heavy atom. The van der Waals surface area contributed by atoms with Gasteiger partial charge in [-0.25, -0.2) is 0 Å². The van der Waals surface area contributed by atoms with Crippen molar-refractivity contribution in [1.82, 2.24) is 0 Å². The van der Waals surface area contributed by atoms with Crippen molar-refractivity contribution < 1.29 is 10.0 Å². The van der Waals surface area contributed by atoms with E-state index in [1.807, 2.05) is 0 Å². The Kier molecular flexibility index (Phi) is 1.78. The van der Waals surface area contributed by atoms with Crippen LogP contribution in [-0.4, -0.2) is 10.0 Å². The zero-order chi connectivity index (χ0) is 10.3. The average molecular weight is 210 g/mol. The number of phenols is 1. The first-order chi connectivity index (χ1) is 6.61. The Hall–Kier alpha value is -1.82. The molecule has 5 nitrogen and oxygen atoms in total. The van der Waals surface area contributed by atoms with Crippen LogP contribution in [0, 0.1) is 10.1 Å². The lowest BCUT2D eigenvalue weighted by molar-refractivity contribution is -0.383. The van der Waals surface area contributed by atoms with Gasteiger partial charge in [-0.1, -0.05) is 0 Å². The summed E-state index contributed by atoms with van der Waals surface area (Å²) in [5.74, 6) is -0.101. The topological polar surface area (TPSA) is 89.4 Å². The number of aromatic hydroxyl groups is 1. The van der Waals surface area contributed by atoms with Gasteiger partial charge in [0.1, 0.15) is 11.4 Å². The van der Waals surface area contributed by atoms with Gasteiger partial charge in [-0.05, 0) is 11.4 Å². The third-order valence-electron chi connectivity index (χ3n) is 1.93. The van der Waals surface area contributed by atoms with Crippen molar-refractivity contribution >= 4 is 32.8 Å². The third-order valence-corrected chi connectivity index (χ3v) is 2.87. The third kappa shape index (κ3) is 1.08. The van der Waals surface area contributed by atoms with Crippen molar-refractivity contribution in [3.63, 3.8) is 0 Å². The van der Waals surface area contributed by atoms with E-state index < -0.39 is 4.92 Å². The van der Waals surface area contributed by atoms with Gasteiger partial charge in [0.2, 0.25) is 0 Å². The van der Waals surface area contributed by atoms with Gasteiger partial charge in [0.05, 0.1) is 15.7 Å². The van der Waals surface area contributed by atoms with Gasteiger partial charge in [-0.3, -0.25) is 10.1 Å². The number of hydrogen-bond donors (Lipinski definition) is 2. The second kappa shape index (κ2) is 2.85. The van der Waals surface area contributed by atoms with E-state index >= 15 is 0 Å². The molecule has 0 amide bonds. The summed E-state index contributed by atoms with van der Waals surface area (Å²) in [4.78, 5) is 9.95. The van der Waals surface area contributed by atoms with Crippen LogP contribution in [0.15, 0.2) is 17.5 Å². The minimum absolute atomic E-state index is 0.101. The van der Waals surface area contributed by atoms with E-state index in [0.717, 1.165) is 6.07 Å². The van der Waals surface area contributed by atoms with Crippen molar-refractivity contribution in [3.05, 3.63) is 27.6 Å². The fraction of sp³-hybridized carbons (Fsp3) is 0. The molecule has 6 heteroatoms. The molecule has 0 bridgehead atoms. The normalized spacial score (nSPS) is 10.6. The number of nitro benzene ring substituents is 1. The maximum absolute atomic E-state index is 10.6. The van der Waals surface area contributed by atoms with Gasteiger partial charge >= 0.3 is 0 Å². The molecule has 0 radical (unpaired) electrons. The van der Waals surface area contributed by atoms with Crippen LogP contribution < -0.4 is 5.73 Å². The molecule has 0 saturated carbocycles. The molecule has 0 unspecified atom stereocenters. The van der Waals surface area contributed by atoms with Crippen LogP contribution in [0.2, 0.25) is 0 Å². The van der Waals surface area contributed by atoms with Gasteiger partial charge in [-0.2, -0.15) is 0 Å². The van der Waals surface area contributed by atoms with Crippen LogP contribution in [0.5, 0.6) is 5.75 Å². The average Bonchev–Trinajstić information content (AvgIpc) is 2.59. The summed E-state index contributed by atoms with van der Waals surface area (Å²) in [6.45, 7) is 0. The zero-order valence-corrected chi connectivity index (χ0v) is 7.75. The second-order valence-corrected chi connectivity index (χ2v) is 3.67. The molecule has 0 aliphatic heterocycles. The molecular formula is C8H6N2O3S. The maximum atomic E-state index is 10.6. The first-order valence-electron chi connectivity index (χ1n) is 3.74. The lowest BCUT2D eigenvalue weighted by Crippen LogP contribution is -1.95. The standard InChI is InChI=1S/C8H6N2O3S/c9-7-4-1-2-14-8(4)6(11)3-5(7)10(12)13/h1-3,11H,9H2. The second-order valence-electron chi connectivity index (χ2n) is 2.75. The van der Waals surface area contributed by atoms with E-state index in [1.54, 1.807) is 11.4 Å². The predicted molar refractivity (Wildman–Crippen MR) is 54.6 cm³/mol. The summed E-state index contributed by atoms with van der Waals surface area (Å²) in [6.07, 6.45) is 0. The molecule has 1 aromatic heterocycles. The van der Waals surface area contributed by atoms with Gasteiger partial charge in [0, 0.05) is 5.39 Å². The first kappa shape index (κ1) is 8.76. The molecular weight excluding hydrogens is 204 g/mol. The van der Waals surface area contributed by atoms with Crippen molar-refractivity contribution in [3.8, 4) is 5.75 Å². The smallest absolute Gasteiger partial charge is 0.296 e. The number of nitrogens with zero attached hydrogens (tertiary/aromatic N) is 1. The fourth-order valence-electron chi connectivity index (χ4n) is 1.28. The molecule has 0 aliphatic carbocycles. The molecule has 1 aromatic carbocycles. The molecule has 0 saturated heterocycles. The Labute approximate surface area is 82.5 Å². The zero-order valence-electron chi connectivity index (χ0n) is 6.93. The van der Waals surface area contributed by atoms with Crippen LogP contribution in [0.4, 0.5) is 11.4 Å². The quantitative estimate of drug-likeness (QED) is 0.326. The van der Waals surface area contributed by atoms with Crippen LogP contribution in [0.1, 0.15) is 0 Å². The SMILES string of the molecule is Nc1c([N+](=O)[O-])cc(O)c2sccc12. The molecule has 14 heavy (non-hydrogen) atoms. The van der Waals surface area contributed by atoms with Gasteiger partial charge in [0.25, 0.3) is 5.69 Å². The predicted octanol–water partition coefficient (Wildman–Crippen LogP) is 2.10. The van der Waals surface area contributed by atoms with Crippen molar-refractivity contribution in [1.29, 1.82) is 0 Å². The molecule has 0 fully saturated rings. The molecule has 72 valence electrons. The number of anilines is 1. The van der Waals surface area contributed by atoms with Gasteiger partial charge in [0.15, 0.2) is 0 Å². The molecule has 0 atom stereocenters. The summed E-state index contributed by atoms with van der Waals surface area (Å²) < 4.78 is 0.577. The highest BCUT2D eigenvalue weighted by Crippen LogP contribution is 2.39. The maximum Gasteiger partial charge on any atom is 0.296 e. The number of fused-ring (bicyclic) bond motifs is 1.